The monoisotopic (exact) mass is 318 g/mol. The topological polar surface area (TPSA) is 31.7 Å². The zero-order valence-corrected chi connectivity index (χ0v) is 14.6. The number of aromatic nitrogens is 1. The average molecular weight is 318 g/mol. The van der Waals surface area contributed by atoms with Crippen molar-refractivity contribution in [2.24, 2.45) is 7.05 Å². The van der Waals surface area contributed by atoms with Gasteiger partial charge in [0.05, 0.1) is 0 Å². The predicted molar refractivity (Wildman–Crippen MR) is 92.3 cm³/mol. The van der Waals surface area contributed by atoms with Crippen molar-refractivity contribution in [1.29, 1.82) is 0 Å². The minimum atomic E-state index is 0.328. The largest absolute Gasteiger partial charge is 0.353 e. The van der Waals surface area contributed by atoms with E-state index in [9.17, 15) is 4.79 Å². The van der Waals surface area contributed by atoms with Crippen molar-refractivity contribution < 1.29 is 4.79 Å². The number of rotatable bonds is 4. The van der Waals surface area contributed by atoms with E-state index in [1.165, 1.54) is 25.0 Å². The Bertz CT molecular complexity index is 519. The summed E-state index contributed by atoms with van der Waals surface area (Å²) < 4.78 is 2.23. The number of carbonyl (C=O) groups is 1. The third-order valence-electron chi connectivity index (χ3n) is 5.41. The zero-order valence-electron chi connectivity index (χ0n) is 14.6. The van der Waals surface area contributed by atoms with E-state index in [1.54, 1.807) is 0 Å². The number of nitrogens with zero attached hydrogens (tertiary/aromatic N) is 4. The summed E-state index contributed by atoms with van der Waals surface area (Å²) in [5.41, 5.74) is 1.39. The Kier molecular flexibility index (Phi) is 5.38. The van der Waals surface area contributed by atoms with Gasteiger partial charge in [-0.15, -0.1) is 0 Å². The van der Waals surface area contributed by atoms with Crippen LogP contribution in [0.25, 0.3) is 0 Å². The van der Waals surface area contributed by atoms with Crippen molar-refractivity contribution in [1.82, 2.24) is 19.3 Å². The molecule has 2 aliphatic rings. The molecular formula is C18H30N4O. The first kappa shape index (κ1) is 16.5. The van der Waals surface area contributed by atoms with Gasteiger partial charge in [0.15, 0.2) is 0 Å². The maximum absolute atomic E-state index is 12.5. The van der Waals surface area contributed by atoms with Gasteiger partial charge in [0, 0.05) is 64.1 Å². The minimum absolute atomic E-state index is 0.328. The van der Waals surface area contributed by atoms with Gasteiger partial charge in [-0.25, -0.2) is 0 Å². The first-order valence-electron chi connectivity index (χ1n) is 8.97. The fourth-order valence-electron chi connectivity index (χ4n) is 3.87. The Hall–Kier alpha value is -1.33. The molecule has 0 N–H and O–H groups in total. The quantitative estimate of drug-likeness (QED) is 0.847. The fraction of sp³-hybridized carbons (Fsp3) is 0.722. The second-order valence-electron chi connectivity index (χ2n) is 7.03. The number of hydrogen-bond donors (Lipinski definition) is 0. The van der Waals surface area contributed by atoms with Gasteiger partial charge in [-0.05, 0) is 38.6 Å². The highest BCUT2D eigenvalue weighted by Gasteiger charge is 2.27. The SMILES string of the molecule is CN1CCN(C(=O)CCN2CCCC[C@@H]2c2cccn2C)CC1. The summed E-state index contributed by atoms with van der Waals surface area (Å²) in [7, 11) is 4.25. The molecule has 0 radical (unpaired) electrons. The molecule has 1 aromatic heterocycles. The molecule has 5 heteroatoms. The van der Waals surface area contributed by atoms with E-state index in [0.717, 1.165) is 39.3 Å². The van der Waals surface area contributed by atoms with Crippen LogP contribution in [0.2, 0.25) is 0 Å². The number of likely N-dealkylation sites (tertiary alicyclic amines) is 1. The van der Waals surface area contributed by atoms with Crippen molar-refractivity contribution in [3.05, 3.63) is 24.0 Å². The van der Waals surface area contributed by atoms with Crippen LogP contribution in [0.1, 0.15) is 37.4 Å². The van der Waals surface area contributed by atoms with E-state index in [4.69, 9.17) is 0 Å². The summed E-state index contributed by atoms with van der Waals surface area (Å²) in [6.45, 7) is 5.78. The Morgan fingerprint density at radius 1 is 1.13 bits per heavy atom. The molecule has 1 atom stereocenters. The summed E-state index contributed by atoms with van der Waals surface area (Å²) in [6, 6.07) is 4.83. The lowest BCUT2D eigenvalue weighted by molar-refractivity contribution is -0.133. The van der Waals surface area contributed by atoms with Crippen LogP contribution in [-0.4, -0.2) is 71.5 Å². The lowest BCUT2D eigenvalue weighted by Crippen LogP contribution is -2.48. The smallest absolute Gasteiger partial charge is 0.223 e. The number of amides is 1. The number of carbonyl (C=O) groups excluding carboxylic acids is 1. The fourth-order valence-corrected chi connectivity index (χ4v) is 3.87. The molecule has 0 aliphatic carbocycles. The molecule has 2 saturated heterocycles. The van der Waals surface area contributed by atoms with E-state index in [-0.39, 0.29) is 0 Å². The molecule has 1 amide bonds. The predicted octanol–water partition coefficient (Wildman–Crippen LogP) is 1.72. The molecule has 1 aromatic rings. The highest BCUT2D eigenvalue weighted by atomic mass is 16.2. The molecule has 3 heterocycles. The lowest BCUT2D eigenvalue weighted by Gasteiger charge is -2.37. The molecule has 3 rings (SSSR count). The van der Waals surface area contributed by atoms with Crippen LogP contribution in [0.3, 0.4) is 0 Å². The number of aryl methyl sites for hydroxylation is 1. The Morgan fingerprint density at radius 3 is 2.61 bits per heavy atom. The molecule has 5 nitrogen and oxygen atoms in total. The van der Waals surface area contributed by atoms with Crippen LogP contribution in [0.4, 0.5) is 0 Å². The number of hydrogen-bond acceptors (Lipinski definition) is 3. The van der Waals surface area contributed by atoms with Crippen molar-refractivity contribution in [3.8, 4) is 0 Å². The Labute approximate surface area is 139 Å². The molecule has 0 unspecified atom stereocenters. The van der Waals surface area contributed by atoms with E-state index < -0.39 is 0 Å². The van der Waals surface area contributed by atoms with Crippen LogP contribution in [0.15, 0.2) is 18.3 Å². The summed E-state index contributed by atoms with van der Waals surface area (Å²) in [6.07, 6.45) is 6.53. The van der Waals surface area contributed by atoms with Gasteiger partial charge in [-0.3, -0.25) is 9.69 Å². The van der Waals surface area contributed by atoms with Gasteiger partial charge in [0.1, 0.15) is 0 Å². The Balaban J connectivity index is 1.55. The molecular weight excluding hydrogens is 288 g/mol. The van der Waals surface area contributed by atoms with Gasteiger partial charge < -0.3 is 14.4 Å². The third kappa shape index (κ3) is 3.96. The number of piperidine rings is 1. The van der Waals surface area contributed by atoms with E-state index in [1.807, 2.05) is 4.90 Å². The normalized spacial score (nSPS) is 24.1. The molecule has 0 spiro atoms. The molecule has 0 aromatic carbocycles. The van der Waals surface area contributed by atoms with Crippen molar-refractivity contribution in [3.63, 3.8) is 0 Å². The second-order valence-corrected chi connectivity index (χ2v) is 7.03. The van der Waals surface area contributed by atoms with Gasteiger partial charge in [0.25, 0.3) is 0 Å². The summed E-state index contributed by atoms with van der Waals surface area (Å²) in [4.78, 5) is 19.3. The zero-order chi connectivity index (χ0) is 16.2. The first-order valence-corrected chi connectivity index (χ1v) is 8.97. The maximum Gasteiger partial charge on any atom is 0.223 e. The third-order valence-corrected chi connectivity index (χ3v) is 5.41. The lowest BCUT2D eigenvalue weighted by atomic mass is 9.99. The number of piperazine rings is 1. The van der Waals surface area contributed by atoms with Crippen LogP contribution < -0.4 is 0 Å². The summed E-state index contributed by atoms with van der Waals surface area (Å²) in [5.74, 6) is 0.328. The van der Waals surface area contributed by atoms with Crippen LogP contribution in [0, 0.1) is 0 Å². The highest BCUT2D eigenvalue weighted by molar-refractivity contribution is 5.76. The van der Waals surface area contributed by atoms with Crippen molar-refractivity contribution in [2.45, 2.75) is 31.7 Å². The Morgan fingerprint density at radius 2 is 1.91 bits per heavy atom. The second kappa shape index (κ2) is 7.49. The first-order chi connectivity index (χ1) is 11.1. The maximum atomic E-state index is 12.5. The molecule has 0 bridgehead atoms. The summed E-state index contributed by atoms with van der Waals surface area (Å²) >= 11 is 0. The van der Waals surface area contributed by atoms with E-state index in [0.29, 0.717) is 18.4 Å². The minimum Gasteiger partial charge on any atom is -0.353 e. The van der Waals surface area contributed by atoms with Crippen LogP contribution >= 0.6 is 0 Å². The van der Waals surface area contributed by atoms with Gasteiger partial charge in [-0.1, -0.05) is 6.42 Å². The highest BCUT2D eigenvalue weighted by Crippen LogP contribution is 2.30. The van der Waals surface area contributed by atoms with Crippen molar-refractivity contribution >= 4 is 5.91 Å². The van der Waals surface area contributed by atoms with E-state index >= 15 is 0 Å². The summed E-state index contributed by atoms with van der Waals surface area (Å²) in [5, 5.41) is 0. The average Bonchev–Trinajstić information content (AvgIpc) is 2.99. The van der Waals surface area contributed by atoms with Gasteiger partial charge >= 0.3 is 0 Å². The van der Waals surface area contributed by atoms with Crippen molar-refractivity contribution in [2.75, 3.05) is 46.3 Å². The van der Waals surface area contributed by atoms with E-state index in [2.05, 4.69) is 46.8 Å². The van der Waals surface area contributed by atoms with Gasteiger partial charge in [-0.2, -0.15) is 0 Å². The molecule has 23 heavy (non-hydrogen) atoms. The number of likely N-dealkylation sites (N-methyl/N-ethyl adjacent to an activating group) is 1. The van der Waals surface area contributed by atoms with Gasteiger partial charge in [0.2, 0.25) is 5.91 Å². The molecule has 0 saturated carbocycles. The molecule has 2 fully saturated rings. The molecule has 2 aliphatic heterocycles. The van der Waals surface area contributed by atoms with Crippen LogP contribution in [0.5, 0.6) is 0 Å². The van der Waals surface area contributed by atoms with Crippen LogP contribution in [-0.2, 0) is 11.8 Å². The standard InChI is InChI=1S/C18H30N4O/c1-19-12-14-22(15-13-19)18(23)8-11-21-10-4-3-6-17(21)16-7-5-9-20(16)2/h5,7,9,17H,3-4,6,8,10-15H2,1-2H3/t17-/m1/s1. The molecule has 128 valence electrons.